The second kappa shape index (κ2) is 5.48. The van der Waals surface area contributed by atoms with E-state index in [-0.39, 0.29) is 5.91 Å². The van der Waals surface area contributed by atoms with Crippen molar-refractivity contribution < 1.29 is 4.79 Å². The van der Waals surface area contributed by atoms with Gasteiger partial charge in [0, 0.05) is 29.7 Å². The van der Waals surface area contributed by atoms with Crippen LogP contribution in [0.4, 0.5) is 10.7 Å². The maximum absolute atomic E-state index is 11.6. The van der Waals surface area contributed by atoms with Gasteiger partial charge in [0.1, 0.15) is 4.88 Å². The van der Waals surface area contributed by atoms with Gasteiger partial charge in [-0.3, -0.25) is 4.79 Å². The summed E-state index contributed by atoms with van der Waals surface area (Å²) in [5, 5.41) is 1.88. The Morgan fingerprint density at radius 2 is 2.20 bits per heavy atom. The van der Waals surface area contributed by atoms with E-state index in [0.29, 0.717) is 21.7 Å². The Labute approximate surface area is 127 Å². The Bertz CT molecular complexity index is 525. The van der Waals surface area contributed by atoms with E-state index >= 15 is 0 Å². The van der Waals surface area contributed by atoms with Crippen LogP contribution >= 0.6 is 23.1 Å². The van der Waals surface area contributed by atoms with Crippen LogP contribution in [0, 0.1) is 0 Å². The highest BCUT2D eigenvalue weighted by Crippen LogP contribution is 2.52. The van der Waals surface area contributed by atoms with Crippen LogP contribution in [0.15, 0.2) is 0 Å². The van der Waals surface area contributed by atoms with E-state index in [4.69, 9.17) is 11.5 Å². The number of nitrogens with zero attached hydrogens (tertiary/aromatic N) is 1. The lowest BCUT2D eigenvalue weighted by Gasteiger charge is -2.33. The van der Waals surface area contributed by atoms with E-state index in [1.54, 1.807) is 0 Å². The average molecular weight is 311 g/mol. The molecule has 0 spiro atoms. The fraction of sp³-hybridized carbons (Fsp3) is 0.643. The van der Waals surface area contributed by atoms with Crippen LogP contribution in [-0.2, 0) is 0 Å². The van der Waals surface area contributed by atoms with Crippen molar-refractivity contribution in [2.75, 3.05) is 29.5 Å². The van der Waals surface area contributed by atoms with E-state index in [0.717, 1.165) is 18.8 Å². The molecule has 3 rings (SSSR count). The topological polar surface area (TPSA) is 72.3 Å². The van der Waals surface area contributed by atoms with Crippen LogP contribution in [0.1, 0.15) is 47.3 Å². The molecule has 1 unspecified atom stereocenters. The highest BCUT2D eigenvalue weighted by Gasteiger charge is 2.35. The minimum atomic E-state index is -0.390. The third kappa shape index (κ3) is 2.51. The normalized spacial score (nSPS) is 23.1. The number of thioether (sulfide) groups is 1. The highest BCUT2D eigenvalue weighted by molar-refractivity contribution is 8.00. The Morgan fingerprint density at radius 1 is 1.45 bits per heavy atom. The molecular weight excluding hydrogens is 290 g/mol. The molecule has 20 heavy (non-hydrogen) atoms. The van der Waals surface area contributed by atoms with E-state index < -0.39 is 0 Å². The number of nitrogen functional groups attached to an aromatic ring is 1. The van der Waals surface area contributed by atoms with Gasteiger partial charge in [-0.2, -0.15) is 11.8 Å². The zero-order valence-electron chi connectivity index (χ0n) is 11.7. The maximum atomic E-state index is 11.6. The van der Waals surface area contributed by atoms with Gasteiger partial charge in [-0.15, -0.1) is 11.3 Å². The Kier molecular flexibility index (Phi) is 3.86. The minimum Gasteiger partial charge on any atom is -0.397 e. The number of primary amides is 1. The molecule has 2 fully saturated rings. The van der Waals surface area contributed by atoms with Crippen molar-refractivity contribution in [2.45, 2.75) is 37.4 Å². The van der Waals surface area contributed by atoms with Gasteiger partial charge in [-0.25, -0.2) is 0 Å². The van der Waals surface area contributed by atoms with Gasteiger partial charge in [0.05, 0.1) is 10.7 Å². The van der Waals surface area contributed by atoms with E-state index in [9.17, 15) is 4.79 Å². The summed E-state index contributed by atoms with van der Waals surface area (Å²) in [6, 6.07) is 0. The molecule has 4 nitrogen and oxygen atoms in total. The number of rotatable bonds is 4. The lowest BCUT2D eigenvalue weighted by Crippen LogP contribution is -2.37. The molecule has 0 radical (unpaired) electrons. The molecular formula is C14H21N3OS2. The summed E-state index contributed by atoms with van der Waals surface area (Å²) in [7, 11) is 0. The third-order valence-electron chi connectivity index (χ3n) is 4.05. The monoisotopic (exact) mass is 311 g/mol. The summed E-state index contributed by atoms with van der Waals surface area (Å²) in [6.07, 6.45) is 3.56. The Hall–Kier alpha value is -0.880. The predicted molar refractivity (Wildman–Crippen MR) is 88.0 cm³/mol. The first kappa shape index (κ1) is 14.1. The summed E-state index contributed by atoms with van der Waals surface area (Å²) < 4.78 is 0. The van der Waals surface area contributed by atoms with Crippen molar-refractivity contribution >= 4 is 39.7 Å². The lowest BCUT2D eigenvalue weighted by molar-refractivity contribution is 0.100. The molecule has 2 heterocycles. The Morgan fingerprint density at radius 3 is 2.80 bits per heavy atom. The van der Waals surface area contributed by atoms with Gasteiger partial charge in [0.15, 0.2) is 0 Å². The SMILES string of the molecule is CCC1CN(c2sc(C(N)=O)c(N)c2C2CC2)CCS1. The van der Waals surface area contributed by atoms with Gasteiger partial charge in [-0.1, -0.05) is 6.92 Å². The zero-order valence-corrected chi connectivity index (χ0v) is 13.4. The summed E-state index contributed by atoms with van der Waals surface area (Å²) >= 11 is 3.55. The first-order valence-electron chi connectivity index (χ1n) is 7.20. The van der Waals surface area contributed by atoms with Gasteiger partial charge >= 0.3 is 0 Å². The molecule has 1 saturated heterocycles. The Balaban J connectivity index is 1.95. The fourth-order valence-corrected chi connectivity index (χ4v) is 5.15. The largest absolute Gasteiger partial charge is 0.397 e. The molecule has 2 aliphatic rings. The van der Waals surface area contributed by atoms with Crippen LogP contribution in [0.5, 0.6) is 0 Å². The molecule has 1 aliphatic carbocycles. The highest BCUT2D eigenvalue weighted by atomic mass is 32.2. The number of carbonyl (C=O) groups excluding carboxylic acids is 1. The smallest absolute Gasteiger partial charge is 0.260 e. The molecule has 1 aromatic rings. The molecule has 1 aliphatic heterocycles. The summed E-state index contributed by atoms with van der Waals surface area (Å²) in [6.45, 7) is 4.33. The predicted octanol–water partition coefficient (Wildman–Crippen LogP) is 2.64. The van der Waals surface area contributed by atoms with Crippen molar-refractivity contribution in [3.63, 3.8) is 0 Å². The standard InChI is InChI=1S/C14H21N3OS2/c1-2-9-7-17(5-6-19-9)14-10(8-3-4-8)11(15)12(20-14)13(16)18/h8-9H,2-7,15H2,1H3,(H2,16,18). The molecule has 110 valence electrons. The number of hydrogen-bond donors (Lipinski definition) is 2. The number of amides is 1. The van der Waals surface area contributed by atoms with Crippen LogP contribution in [0.25, 0.3) is 0 Å². The molecule has 0 aromatic carbocycles. The number of hydrogen-bond acceptors (Lipinski definition) is 5. The molecule has 4 N–H and O–H groups in total. The summed E-state index contributed by atoms with van der Waals surface area (Å²) in [4.78, 5) is 14.5. The molecule has 1 aromatic heterocycles. The van der Waals surface area contributed by atoms with Crippen LogP contribution in [-0.4, -0.2) is 30.0 Å². The zero-order chi connectivity index (χ0) is 14.3. The van der Waals surface area contributed by atoms with Crippen LogP contribution in [0.3, 0.4) is 0 Å². The molecule has 1 saturated carbocycles. The van der Waals surface area contributed by atoms with Gasteiger partial charge in [-0.05, 0) is 25.2 Å². The minimum absolute atomic E-state index is 0.390. The summed E-state index contributed by atoms with van der Waals surface area (Å²) in [5.41, 5.74) is 13.5. The summed E-state index contributed by atoms with van der Waals surface area (Å²) in [5.74, 6) is 1.30. The van der Waals surface area contributed by atoms with Crippen LogP contribution in [0.2, 0.25) is 0 Å². The van der Waals surface area contributed by atoms with E-state index in [1.807, 2.05) is 11.8 Å². The van der Waals surface area contributed by atoms with E-state index in [1.165, 1.54) is 41.2 Å². The third-order valence-corrected chi connectivity index (χ3v) is 6.72. The van der Waals surface area contributed by atoms with Crippen molar-refractivity contribution in [1.82, 2.24) is 0 Å². The molecule has 1 atom stereocenters. The molecule has 1 amide bonds. The number of carbonyl (C=O) groups is 1. The van der Waals surface area contributed by atoms with Crippen LogP contribution < -0.4 is 16.4 Å². The van der Waals surface area contributed by atoms with Crippen molar-refractivity contribution in [2.24, 2.45) is 5.73 Å². The fourth-order valence-electron chi connectivity index (χ4n) is 2.78. The number of anilines is 2. The van der Waals surface area contributed by atoms with Crippen molar-refractivity contribution in [3.05, 3.63) is 10.4 Å². The van der Waals surface area contributed by atoms with Gasteiger partial charge in [0.2, 0.25) is 0 Å². The van der Waals surface area contributed by atoms with Gasteiger partial charge < -0.3 is 16.4 Å². The first-order chi connectivity index (χ1) is 9.61. The van der Waals surface area contributed by atoms with Gasteiger partial charge in [0.25, 0.3) is 5.91 Å². The van der Waals surface area contributed by atoms with Crippen molar-refractivity contribution in [1.29, 1.82) is 0 Å². The molecule has 0 bridgehead atoms. The van der Waals surface area contributed by atoms with E-state index in [2.05, 4.69) is 11.8 Å². The number of nitrogens with two attached hydrogens (primary N) is 2. The quantitative estimate of drug-likeness (QED) is 0.896. The molecule has 6 heteroatoms. The number of thiophene rings is 1. The average Bonchev–Trinajstić information content (AvgIpc) is 3.22. The lowest BCUT2D eigenvalue weighted by atomic mass is 10.1. The van der Waals surface area contributed by atoms with Crippen molar-refractivity contribution in [3.8, 4) is 0 Å². The second-order valence-electron chi connectivity index (χ2n) is 5.55. The maximum Gasteiger partial charge on any atom is 0.260 e. The first-order valence-corrected chi connectivity index (χ1v) is 9.06. The second-order valence-corrected chi connectivity index (χ2v) is 7.96.